The number of benzene rings is 1. The summed E-state index contributed by atoms with van der Waals surface area (Å²) in [4.78, 5) is 13.6. The minimum atomic E-state index is -1.96. The Morgan fingerprint density at radius 2 is 2.00 bits per heavy atom. The van der Waals surface area contributed by atoms with Crippen molar-refractivity contribution in [2.24, 2.45) is 22.7 Å². The zero-order valence-electron chi connectivity index (χ0n) is 23.5. The number of rotatable bonds is 5. The number of fused-ring (bicyclic) bond motifs is 6. The lowest BCUT2D eigenvalue weighted by molar-refractivity contribution is -0.220. The van der Waals surface area contributed by atoms with Crippen LogP contribution in [0, 0.1) is 28.5 Å². The Labute approximate surface area is 246 Å². The molecule has 0 spiro atoms. The van der Waals surface area contributed by atoms with Gasteiger partial charge in [0.25, 0.3) is 5.95 Å². The van der Waals surface area contributed by atoms with Crippen LogP contribution in [0.1, 0.15) is 57.2 Å². The summed E-state index contributed by atoms with van der Waals surface area (Å²) in [5.74, 6) is -0.994. The van der Waals surface area contributed by atoms with Gasteiger partial charge < -0.3 is 14.3 Å². The van der Waals surface area contributed by atoms with E-state index in [-0.39, 0.29) is 30.5 Å². The molecule has 222 valence electrons. The lowest BCUT2D eigenvalue weighted by Crippen LogP contribution is -2.70. The Hall–Kier alpha value is -2.98. The molecule has 2 aromatic heterocycles. The summed E-state index contributed by atoms with van der Waals surface area (Å²) in [5, 5.41) is 16.0. The van der Waals surface area contributed by atoms with Crippen molar-refractivity contribution < 1.29 is 32.2 Å². The molecule has 0 amide bonds. The molecule has 0 radical (unpaired) electrons. The molecule has 10 heteroatoms. The second-order valence-corrected chi connectivity index (χ2v) is 13.6. The van der Waals surface area contributed by atoms with E-state index in [1.165, 1.54) is 18.4 Å². The van der Waals surface area contributed by atoms with Gasteiger partial charge in [-0.05, 0) is 98.2 Å². The van der Waals surface area contributed by atoms with Crippen molar-refractivity contribution in [1.29, 1.82) is 0 Å². The lowest BCUT2D eigenvalue weighted by Gasteiger charge is -2.63. The van der Waals surface area contributed by atoms with Crippen LogP contribution in [0.15, 0.2) is 58.8 Å². The fourth-order valence-electron chi connectivity index (χ4n) is 9.04. The minimum Gasteiger partial charge on any atom is -0.449 e. The van der Waals surface area contributed by atoms with Crippen molar-refractivity contribution in [3.63, 3.8) is 0 Å². The number of allylic oxidation sites excluding steroid dienone is 1. The van der Waals surface area contributed by atoms with Crippen molar-refractivity contribution in [2.45, 2.75) is 69.7 Å². The number of nitrogens with zero attached hydrogens (tertiary/aromatic N) is 2. The third-order valence-electron chi connectivity index (χ3n) is 11.1. The molecule has 1 N–H and O–H groups in total. The van der Waals surface area contributed by atoms with Crippen molar-refractivity contribution in [1.82, 2.24) is 9.78 Å². The first-order valence-electron chi connectivity index (χ1n) is 14.4. The van der Waals surface area contributed by atoms with E-state index in [9.17, 15) is 18.7 Å². The molecule has 0 unspecified atom stereocenters. The summed E-state index contributed by atoms with van der Waals surface area (Å²) in [6.07, 6.45) is 6.06. The number of thioether (sulfide) groups is 1. The zero-order chi connectivity index (χ0) is 29.5. The zero-order valence-corrected chi connectivity index (χ0v) is 24.3. The van der Waals surface area contributed by atoms with Crippen LogP contribution < -0.4 is 4.74 Å². The fourth-order valence-corrected chi connectivity index (χ4v) is 9.74. The summed E-state index contributed by atoms with van der Waals surface area (Å²) in [7, 11) is 0. The second-order valence-electron chi connectivity index (χ2n) is 12.7. The Bertz CT molecular complexity index is 1560. The number of aliphatic hydroxyl groups is 1. The molecule has 4 aliphatic rings. The van der Waals surface area contributed by atoms with E-state index < -0.39 is 45.2 Å². The van der Waals surface area contributed by atoms with Gasteiger partial charge in [0.05, 0.1) is 29.9 Å². The van der Waals surface area contributed by atoms with E-state index in [1.54, 1.807) is 35.1 Å². The van der Waals surface area contributed by atoms with Crippen LogP contribution in [-0.4, -0.2) is 43.4 Å². The molecule has 0 bridgehead atoms. The molecule has 3 aromatic rings. The number of ether oxygens (including phenoxy) is 1. The van der Waals surface area contributed by atoms with Crippen LogP contribution >= 0.6 is 11.8 Å². The number of aliphatic hydroxyl groups excluding tert-OH is 1. The number of carbonyl (C=O) groups is 1. The smallest absolute Gasteiger partial charge is 0.285 e. The predicted molar refractivity (Wildman–Crippen MR) is 152 cm³/mol. The molecule has 3 fully saturated rings. The highest BCUT2D eigenvalue weighted by Crippen LogP contribution is 2.71. The Kier molecular flexibility index (Phi) is 6.30. The van der Waals surface area contributed by atoms with Gasteiger partial charge in [-0.2, -0.15) is 5.10 Å². The summed E-state index contributed by atoms with van der Waals surface area (Å²) in [6, 6.07) is 8.44. The summed E-state index contributed by atoms with van der Waals surface area (Å²) in [6.45, 7) is 3.80. The number of aromatic nitrogens is 2. The number of alkyl halides is 2. The monoisotopic (exact) mass is 598 g/mol. The molecular formula is C32H33F3N2O4S. The maximum absolute atomic E-state index is 18.0. The van der Waals surface area contributed by atoms with Crippen molar-refractivity contribution >= 4 is 23.0 Å². The average Bonchev–Trinajstić information content (AvgIpc) is 3.68. The van der Waals surface area contributed by atoms with E-state index in [0.29, 0.717) is 43.1 Å². The molecule has 42 heavy (non-hydrogen) atoms. The van der Waals surface area contributed by atoms with Gasteiger partial charge in [-0.25, -0.2) is 17.9 Å². The molecule has 0 aliphatic heterocycles. The van der Waals surface area contributed by atoms with Gasteiger partial charge in [0.15, 0.2) is 5.60 Å². The van der Waals surface area contributed by atoms with Gasteiger partial charge in [0.1, 0.15) is 17.5 Å². The van der Waals surface area contributed by atoms with Crippen molar-refractivity contribution in [2.75, 3.05) is 6.01 Å². The van der Waals surface area contributed by atoms with Gasteiger partial charge in [-0.15, -0.1) is 0 Å². The molecule has 6 nitrogen and oxygen atoms in total. The minimum absolute atomic E-state index is 0.00543. The summed E-state index contributed by atoms with van der Waals surface area (Å²) in [5.41, 5.74) is -2.03. The topological polar surface area (TPSA) is 77.5 Å². The molecule has 7 rings (SSSR count). The Balaban J connectivity index is 1.27. The maximum atomic E-state index is 18.0. The summed E-state index contributed by atoms with van der Waals surface area (Å²) >= 11 is 0.557. The molecule has 0 saturated heterocycles. The lowest BCUT2D eigenvalue weighted by atomic mass is 9.44. The highest BCUT2D eigenvalue weighted by atomic mass is 32.2. The van der Waals surface area contributed by atoms with Crippen LogP contribution in [-0.2, 0) is 11.2 Å². The van der Waals surface area contributed by atoms with Crippen molar-refractivity contribution in [3.8, 4) is 11.6 Å². The summed E-state index contributed by atoms with van der Waals surface area (Å²) < 4.78 is 58.6. The van der Waals surface area contributed by atoms with Gasteiger partial charge in [-0.3, -0.25) is 4.79 Å². The first-order valence-corrected chi connectivity index (χ1v) is 15.4. The predicted octanol–water partition coefficient (Wildman–Crippen LogP) is 6.85. The quantitative estimate of drug-likeness (QED) is 0.346. The van der Waals surface area contributed by atoms with E-state index in [0.717, 1.165) is 16.8 Å². The standard InChI is InChI=1S/C32H33F3N2O4S/c1-29-15-19-17-36-37(22-8-6-21(34)7-9-22)25(19)14-20(29)5-10-24-23-11-12-31(28(39)42-18-33,41-27-4-3-13-40-27)30(23,2)16-26(38)32(24,29)35/h3-4,6-9,13-14,17,23-24,26,38H,5,10-12,15-16,18H2,1-2H3/t23-,24-,26-,29-,30-,31-,32-/m0/s1. The van der Waals surface area contributed by atoms with E-state index in [2.05, 4.69) is 5.10 Å². The van der Waals surface area contributed by atoms with E-state index in [4.69, 9.17) is 9.15 Å². The highest BCUT2D eigenvalue weighted by molar-refractivity contribution is 8.13. The molecule has 3 saturated carbocycles. The first-order chi connectivity index (χ1) is 20.1. The number of hydrogen-bond donors (Lipinski definition) is 1. The maximum Gasteiger partial charge on any atom is 0.285 e. The molecular weight excluding hydrogens is 565 g/mol. The van der Waals surface area contributed by atoms with Gasteiger partial charge >= 0.3 is 0 Å². The average molecular weight is 599 g/mol. The Morgan fingerprint density at radius 3 is 2.71 bits per heavy atom. The van der Waals surface area contributed by atoms with Crippen LogP contribution in [0.2, 0.25) is 0 Å². The molecule has 7 atom stereocenters. The Morgan fingerprint density at radius 1 is 1.21 bits per heavy atom. The molecule has 1 aromatic carbocycles. The van der Waals surface area contributed by atoms with Crippen LogP contribution in [0.5, 0.6) is 5.95 Å². The largest absolute Gasteiger partial charge is 0.449 e. The fraction of sp³-hybridized carbons (Fsp3) is 0.500. The molecule has 4 aliphatic carbocycles. The number of furan rings is 1. The third kappa shape index (κ3) is 3.57. The van der Waals surface area contributed by atoms with E-state index in [1.807, 2.05) is 19.9 Å². The van der Waals surface area contributed by atoms with E-state index >= 15 is 4.39 Å². The van der Waals surface area contributed by atoms with Crippen LogP contribution in [0.25, 0.3) is 11.8 Å². The molecule has 2 heterocycles. The van der Waals surface area contributed by atoms with Crippen molar-refractivity contribution in [3.05, 3.63) is 71.5 Å². The first kappa shape index (κ1) is 27.8. The van der Waals surface area contributed by atoms with Crippen LogP contribution in [0.4, 0.5) is 13.2 Å². The van der Waals surface area contributed by atoms with Gasteiger partial charge in [-0.1, -0.05) is 19.4 Å². The SMILES string of the molecule is C[C@]12Cc3cnn(-c4ccc(F)cc4)c3C=C1CC[C@H]1[C@@H]3CC[C@](Oc4ccco4)(C(=O)SCF)[C@@]3(C)C[C@H](O)[C@@]12F. The second kappa shape index (κ2) is 9.51. The number of halogens is 3. The third-order valence-corrected chi connectivity index (χ3v) is 11.8. The number of hydrogen-bond acceptors (Lipinski definition) is 6. The number of carbonyl (C=O) groups excluding carboxylic acids is 1. The highest BCUT2D eigenvalue weighted by Gasteiger charge is 2.75. The van der Waals surface area contributed by atoms with Gasteiger partial charge in [0.2, 0.25) is 5.12 Å². The normalized spacial score (nSPS) is 36.8. The van der Waals surface area contributed by atoms with Crippen LogP contribution in [0.3, 0.4) is 0 Å². The van der Waals surface area contributed by atoms with Gasteiger partial charge in [0, 0.05) is 22.8 Å².